The van der Waals surface area contributed by atoms with Crippen molar-refractivity contribution in [2.24, 2.45) is 0 Å². The van der Waals surface area contributed by atoms with Crippen molar-refractivity contribution in [3.63, 3.8) is 0 Å². The van der Waals surface area contributed by atoms with E-state index in [1.165, 1.54) is 5.56 Å². The highest BCUT2D eigenvalue weighted by Gasteiger charge is 2.03. The van der Waals surface area contributed by atoms with Gasteiger partial charge in [0.25, 0.3) is 0 Å². The van der Waals surface area contributed by atoms with Crippen LogP contribution in [0.2, 0.25) is 0 Å². The predicted octanol–water partition coefficient (Wildman–Crippen LogP) is 2.93. The summed E-state index contributed by atoms with van der Waals surface area (Å²) in [5, 5.41) is 11.5. The number of ether oxygens (including phenoxy) is 1. The SMILES string of the molecule is CCCNCc1cn(CCOc2ccc(C)cc2Br)nn1. The summed E-state index contributed by atoms with van der Waals surface area (Å²) in [6.45, 7) is 7.20. The summed E-state index contributed by atoms with van der Waals surface area (Å²) < 4.78 is 8.54. The van der Waals surface area contributed by atoms with E-state index in [-0.39, 0.29) is 0 Å². The zero-order valence-corrected chi connectivity index (χ0v) is 14.1. The monoisotopic (exact) mass is 352 g/mol. The highest BCUT2D eigenvalue weighted by molar-refractivity contribution is 9.10. The molecule has 0 unspecified atom stereocenters. The standard InChI is InChI=1S/C15H21BrN4O/c1-3-6-17-10-13-11-20(19-18-13)7-8-21-15-5-4-12(2)9-14(15)16/h4-5,9,11,17H,3,6-8,10H2,1-2H3. The first-order chi connectivity index (χ1) is 10.2. The first-order valence-corrected chi connectivity index (χ1v) is 7.97. The van der Waals surface area contributed by atoms with Crippen LogP contribution in [0.25, 0.3) is 0 Å². The maximum atomic E-state index is 5.75. The zero-order valence-electron chi connectivity index (χ0n) is 12.5. The molecular weight excluding hydrogens is 332 g/mol. The summed E-state index contributed by atoms with van der Waals surface area (Å²) in [6.07, 6.45) is 3.07. The van der Waals surface area contributed by atoms with E-state index < -0.39 is 0 Å². The number of benzene rings is 1. The van der Waals surface area contributed by atoms with Crippen LogP contribution in [-0.2, 0) is 13.1 Å². The summed E-state index contributed by atoms with van der Waals surface area (Å²) in [7, 11) is 0. The van der Waals surface area contributed by atoms with Crippen LogP contribution in [0.4, 0.5) is 0 Å². The van der Waals surface area contributed by atoms with Crippen molar-refractivity contribution >= 4 is 15.9 Å². The van der Waals surface area contributed by atoms with E-state index in [2.05, 4.69) is 45.4 Å². The summed E-state index contributed by atoms with van der Waals surface area (Å²) in [6, 6.07) is 6.05. The molecule has 1 N–H and O–H groups in total. The van der Waals surface area contributed by atoms with Gasteiger partial charge in [-0.2, -0.15) is 0 Å². The molecule has 0 atom stereocenters. The molecule has 0 fully saturated rings. The number of hydrogen-bond donors (Lipinski definition) is 1. The van der Waals surface area contributed by atoms with Crippen LogP contribution in [0.3, 0.4) is 0 Å². The fourth-order valence-corrected chi connectivity index (χ4v) is 2.50. The Kier molecular flexibility index (Phi) is 6.20. The topological polar surface area (TPSA) is 52.0 Å². The fraction of sp³-hybridized carbons (Fsp3) is 0.467. The lowest BCUT2D eigenvalue weighted by Gasteiger charge is -2.08. The van der Waals surface area contributed by atoms with Gasteiger partial charge >= 0.3 is 0 Å². The lowest BCUT2D eigenvalue weighted by molar-refractivity contribution is 0.288. The van der Waals surface area contributed by atoms with Crippen molar-refractivity contribution in [1.29, 1.82) is 0 Å². The number of halogens is 1. The molecule has 0 bridgehead atoms. The molecule has 0 saturated heterocycles. The fourth-order valence-electron chi connectivity index (χ4n) is 1.89. The minimum atomic E-state index is 0.562. The van der Waals surface area contributed by atoms with Gasteiger partial charge in [0.1, 0.15) is 12.4 Å². The van der Waals surface area contributed by atoms with Gasteiger partial charge in [0.15, 0.2) is 0 Å². The van der Waals surface area contributed by atoms with E-state index in [1.807, 2.05) is 29.1 Å². The highest BCUT2D eigenvalue weighted by Crippen LogP contribution is 2.25. The maximum Gasteiger partial charge on any atom is 0.133 e. The summed E-state index contributed by atoms with van der Waals surface area (Å²) in [5.41, 5.74) is 2.16. The third-order valence-electron chi connectivity index (χ3n) is 2.98. The molecular formula is C15H21BrN4O. The Balaban J connectivity index is 1.78. The third kappa shape index (κ3) is 5.13. The lowest BCUT2D eigenvalue weighted by Crippen LogP contribution is -2.14. The molecule has 5 nitrogen and oxygen atoms in total. The molecule has 21 heavy (non-hydrogen) atoms. The van der Waals surface area contributed by atoms with Gasteiger partial charge in [-0.3, -0.25) is 0 Å². The van der Waals surface area contributed by atoms with Crippen LogP contribution in [0.1, 0.15) is 24.6 Å². The van der Waals surface area contributed by atoms with Crippen LogP contribution in [-0.4, -0.2) is 28.1 Å². The molecule has 0 aliphatic heterocycles. The minimum Gasteiger partial charge on any atom is -0.490 e. The number of aryl methyl sites for hydroxylation is 1. The minimum absolute atomic E-state index is 0.562. The van der Waals surface area contributed by atoms with Crippen LogP contribution in [0.15, 0.2) is 28.9 Å². The van der Waals surface area contributed by atoms with Crippen LogP contribution in [0, 0.1) is 6.92 Å². The van der Waals surface area contributed by atoms with Gasteiger partial charge < -0.3 is 10.1 Å². The van der Waals surface area contributed by atoms with Gasteiger partial charge in [-0.15, -0.1) is 5.10 Å². The van der Waals surface area contributed by atoms with Crippen molar-refractivity contribution in [2.45, 2.75) is 33.4 Å². The number of nitrogens with zero attached hydrogens (tertiary/aromatic N) is 3. The second-order valence-electron chi connectivity index (χ2n) is 4.93. The normalized spacial score (nSPS) is 10.8. The van der Waals surface area contributed by atoms with Crippen LogP contribution >= 0.6 is 15.9 Å². The molecule has 0 aliphatic carbocycles. The molecule has 6 heteroatoms. The smallest absolute Gasteiger partial charge is 0.133 e. The van der Waals surface area contributed by atoms with E-state index in [0.717, 1.165) is 35.4 Å². The zero-order chi connectivity index (χ0) is 15.1. The Morgan fingerprint density at radius 2 is 2.24 bits per heavy atom. The molecule has 114 valence electrons. The van der Waals surface area contributed by atoms with Gasteiger partial charge in [-0.25, -0.2) is 4.68 Å². The molecule has 2 rings (SSSR count). The quantitative estimate of drug-likeness (QED) is 0.742. The summed E-state index contributed by atoms with van der Waals surface area (Å²) >= 11 is 3.50. The van der Waals surface area contributed by atoms with Crippen molar-refractivity contribution < 1.29 is 4.74 Å². The Hall–Kier alpha value is -1.40. The average molecular weight is 353 g/mol. The summed E-state index contributed by atoms with van der Waals surface area (Å²) in [5.74, 6) is 0.852. The molecule has 0 radical (unpaired) electrons. The van der Waals surface area contributed by atoms with Crippen molar-refractivity contribution in [3.8, 4) is 5.75 Å². The highest BCUT2D eigenvalue weighted by atomic mass is 79.9. The number of nitrogens with one attached hydrogen (secondary N) is 1. The Labute approximate surface area is 133 Å². The first-order valence-electron chi connectivity index (χ1n) is 7.17. The van der Waals surface area contributed by atoms with E-state index in [4.69, 9.17) is 4.74 Å². The van der Waals surface area contributed by atoms with Crippen molar-refractivity contribution in [1.82, 2.24) is 20.3 Å². The lowest BCUT2D eigenvalue weighted by atomic mass is 10.2. The predicted molar refractivity (Wildman–Crippen MR) is 86.4 cm³/mol. The van der Waals surface area contributed by atoms with E-state index in [9.17, 15) is 0 Å². The van der Waals surface area contributed by atoms with Crippen LogP contribution < -0.4 is 10.1 Å². The van der Waals surface area contributed by atoms with E-state index >= 15 is 0 Å². The third-order valence-corrected chi connectivity index (χ3v) is 3.60. The number of hydrogen-bond acceptors (Lipinski definition) is 4. The maximum absolute atomic E-state index is 5.75. The van der Waals surface area contributed by atoms with E-state index in [1.54, 1.807) is 0 Å². The second-order valence-corrected chi connectivity index (χ2v) is 5.79. The van der Waals surface area contributed by atoms with Gasteiger partial charge in [-0.1, -0.05) is 18.2 Å². The van der Waals surface area contributed by atoms with Crippen molar-refractivity contribution in [3.05, 3.63) is 40.1 Å². The number of rotatable bonds is 8. The number of aromatic nitrogens is 3. The van der Waals surface area contributed by atoms with Gasteiger partial charge in [-0.05, 0) is 53.5 Å². The molecule has 1 aromatic heterocycles. The van der Waals surface area contributed by atoms with E-state index in [0.29, 0.717) is 13.2 Å². The Morgan fingerprint density at radius 3 is 3.00 bits per heavy atom. The van der Waals surface area contributed by atoms with Gasteiger partial charge in [0.05, 0.1) is 16.7 Å². The van der Waals surface area contributed by atoms with Gasteiger partial charge in [0.2, 0.25) is 0 Å². The first kappa shape index (κ1) is 16.0. The molecule has 0 saturated carbocycles. The molecule has 2 aromatic rings. The molecule has 0 aliphatic rings. The van der Waals surface area contributed by atoms with Crippen LogP contribution in [0.5, 0.6) is 5.75 Å². The Bertz CT molecular complexity index is 571. The van der Waals surface area contributed by atoms with Gasteiger partial charge in [0, 0.05) is 12.7 Å². The molecule has 0 spiro atoms. The molecule has 1 heterocycles. The largest absolute Gasteiger partial charge is 0.490 e. The Morgan fingerprint density at radius 1 is 1.38 bits per heavy atom. The molecule has 0 amide bonds. The van der Waals surface area contributed by atoms with Crippen molar-refractivity contribution in [2.75, 3.05) is 13.2 Å². The summed E-state index contributed by atoms with van der Waals surface area (Å²) in [4.78, 5) is 0. The molecule has 1 aromatic carbocycles. The second kappa shape index (κ2) is 8.14. The average Bonchev–Trinajstić information content (AvgIpc) is 2.89.